The van der Waals surface area contributed by atoms with Gasteiger partial charge in [0.2, 0.25) is 5.91 Å². The molecule has 3 amide bonds. The van der Waals surface area contributed by atoms with Crippen molar-refractivity contribution < 1.29 is 19.5 Å². The zero-order valence-electron chi connectivity index (χ0n) is 12.0. The number of carboxylic acid groups (broad SMARTS) is 1. The summed E-state index contributed by atoms with van der Waals surface area (Å²) in [6, 6.07) is -1.42. The second-order valence-corrected chi connectivity index (χ2v) is 5.19. The van der Waals surface area contributed by atoms with E-state index >= 15 is 0 Å². The van der Waals surface area contributed by atoms with E-state index in [1.54, 1.807) is 0 Å². The lowest BCUT2D eigenvalue weighted by Gasteiger charge is -2.29. The lowest BCUT2D eigenvalue weighted by molar-refractivity contribution is -0.141. The molecule has 1 unspecified atom stereocenters. The number of rotatable bonds is 5. The molecule has 0 aromatic heterocycles. The Morgan fingerprint density at radius 1 is 1.25 bits per heavy atom. The van der Waals surface area contributed by atoms with Crippen molar-refractivity contribution >= 4 is 17.9 Å². The Morgan fingerprint density at radius 2 is 1.85 bits per heavy atom. The van der Waals surface area contributed by atoms with Crippen LogP contribution in [0.3, 0.4) is 0 Å². The summed E-state index contributed by atoms with van der Waals surface area (Å²) in [5.74, 6) is -1.34. The second kappa shape index (κ2) is 7.72. The summed E-state index contributed by atoms with van der Waals surface area (Å²) < 4.78 is 0. The number of aliphatic carboxylic acids is 1. The monoisotopic (exact) mass is 285 g/mol. The number of hydrogen-bond acceptors (Lipinski definition) is 3. The lowest BCUT2D eigenvalue weighted by atomic mass is 9.84. The Morgan fingerprint density at radius 3 is 2.35 bits per heavy atom. The summed E-state index contributed by atoms with van der Waals surface area (Å²) in [7, 11) is 2.94. The van der Waals surface area contributed by atoms with E-state index in [4.69, 9.17) is 0 Å². The van der Waals surface area contributed by atoms with E-state index < -0.39 is 18.0 Å². The molecule has 0 aromatic rings. The molecule has 7 heteroatoms. The molecular weight excluding hydrogens is 262 g/mol. The van der Waals surface area contributed by atoms with E-state index in [1.165, 1.54) is 19.0 Å². The third-order valence-electron chi connectivity index (χ3n) is 3.67. The number of amides is 3. The maximum absolute atomic E-state index is 11.9. The van der Waals surface area contributed by atoms with E-state index in [9.17, 15) is 19.5 Å². The molecule has 0 aromatic carbocycles. The summed E-state index contributed by atoms with van der Waals surface area (Å²) in [6.07, 6.45) is 4.75. The van der Waals surface area contributed by atoms with Crippen molar-refractivity contribution in [2.75, 3.05) is 20.6 Å². The Hall–Kier alpha value is -1.79. The van der Waals surface area contributed by atoms with Gasteiger partial charge < -0.3 is 20.6 Å². The first-order chi connectivity index (χ1) is 9.45. The quantitative estimate of drug-likeness (QED) is 0.681. The van der Waals surface area contributed by atoms with E-state index in [1.807, 2.05) is 0 Å². The molecule has 1 aliphatic rings. The Balaban J connectivity index is 2.58. The lowest BCUT2D eigenvalue weighted by Crippen LogP contribution is -2.52. The van der Waals surface area contributed by atoms with Gasteiger partial charge in [0, 0.05) is 14.1 Å². The molecule has 1 aliphatic carbocycles. The first-order valence-electron chi connectivity index (χ1n) is 6.90. The molecular formula is C13H23N3O4. The predicted molar refractivity (Wildman–Crippen MR) is 73.2 cm³/mol. The molecule has 3 N–H and O–H groups in total. The molecule has 0 aliphatic heterocycles. The fourth-order valence-electron chi connectivity index (χ4n) is 2.46. The Bertz CT molecular complexity index is 367. The van der Waals surface area contributed by atoms with Gasteiger partial charge in [0.15, 0.2) is 0 Å². The number of nitrogens with zero attached hydrogens (tertiary/aromatic N) is 1. The zero-order valence-corrected chi connectivity index (χ0v) is 12.0. The third-order valence-corrected chi connectivity index (χ3v) is 3.67. The molecule has 0 saturated heterocycles. The normalized spacial score (nSPS) is 17.1. The fourth-order valence-corrected chi connectivity index (χ4v) is 2.46. The minimum Gasteiger partial charge on any atom is -0.480 e. The van der Waals surface area contributed by atoms with Gasteiger partial charge in [0.1, 0.15) is 12.6 Å². The average Bonchev–Trinajstić information content (AvgIpc) is 2.44. The van der Waals surface area contributed by atoms with Crippen molar-refractivity contribution in [3.05, 3.63) is 0 Å². The van der Waals surface area contributed by atoms with Crippen molar-refractivity contribution in [3.63, 3.8) is 0 Å². The third kappa shape index (κ3) is 4.71. The highest BCUT2D eigenvalue weighted by Crippen LogP contribution is 2.26. The summed E-state index contributed by atoms with van der Waals surface area (Å²) >= 11 is 0. The van der Waals surface area contributed by atoms with Crippen LogP contribution in [0.1, 0.15) is 32.1 Å². The molecule has 1 saturated carbocycles. The van der Waals surface area contributed by atoms with Crippen LogP contribution in [0.15, 0.2) is 0 Å². The van der Waals surface area contributed by atoms with Gasteiger partial charge in [-0.2, -0.15) is 0 Å². The Kier molecular flexibility index (Phi) is 6.27. The minimum atomic E-state index is -1.02. The maximum Gasteiger partial charge on any atom is 0.326 e. The van der Waals surface area contributed by atoms with E-state index in [0.717, 1.165) is 32.1 Å². The van der Waals surface area contributed by atoms with Crippen LogP contribution in [-0.2, 0) is 9.59 Å². The number of carbonyl (C=O) groups excluding carboxylic acids is 2. The topological polar surface area (TPSA) is 98.7 Å². The van der Waals surface area contributed by atoms with Gasteiger partial charge in [-0.15, -0.1) is 0 Å². The van der Waals surface area contributed by atoms with Gasteiger partial charge in [0.05, 0.1) is 0 Å². The molecule has 0 heterocycles. The Labute approximate surface area is 118 Å². The molecule has 20 heavy (non-hydrogen) atoms. The molecule has 1 atom stereocenters. The van der Waals surface area contributed by atoms with Gasteiger partial charge in [-0.25, -0.2) is 9.59 Å². The fraction of sp³-hybridized carbons (Fsp3) is 0.769. The van der Waals surface area contributed by atoms with Crippen LogP contribution < -0.4 is 10.6 Å². The summed E-state index contributed by atoms with van der Waals surface area (Å²) in [5.41, 5.74) is 0. The molecule has 0 radical (unpaired) electrons. The number of urea groups is 1. The van der Waals surface area contributed by atoms with Crippen molar-refractivity contribution in [3.8, 4) is 0 Å². The van der Waals surface area contributed by atoms with Crippen LogP contribution in [0.2, 0.25) is 0 Å². The second-order valence-electron chi connectivity index (χ2n) is 5.19. The van der Waals surface area contributed by atoms with E-state index in [2.05, 4.69) is 10.6 Å². The SMILES string of the molecule is CNC(=O)CN(C)C(=O)NC(C(=O)O)C1CCCCC1. The number of likely N-dealkylation sites (N-methyl/N-ethyl adjacent to an activating group) is 2. The summed E-state index contributed by atoms with van der Waals surface area (Å²) in [5, 5.41) is 14.2. The number of carbonyl (C=O) groups is 3. The minimum absolute atomic E-state index is 0.0291. The van der Waals surface area contributed by atoms with Crippen molar-refractivity contribution in [1.29, 1.82) is 0 Å². The zero-order chi connectivity index (χ0) is 15.1. The van der Waals surface area contributed by atoms with Crippen molar-refractivity contribution in [2.24, 2.45) is 5.92 Å². The van der Waals surface area contributed by atoms with Gasteiger partial charge in [-0.1, -0.05) is 19.3 Å². The molecule has 1 rings (SSSR count). The molecule has 114 valence electrons. The molecule has 1 fully saturated rings. The molecule has 0 bridgehead atoms. The van der Waals surface area contributed by atoms with Crippen LogP contribution in [0.25, 0.3) is 0 Å². The molecule has 0 spiro atoms. The van der Waals surface area contributed by atoms with Gasteiger partial charge in [-0.3, -0.25) is 4.79 Å². The van der Waals surface area contributed by atoms with Gasteiger partial charge in [-0.05, 0) is 18.8 Å². The highest BCUT2D eigenvalue weighted by Gasteiger charge is 2.31. The van der Waals surface area contributed by atoms with Crippen LogP contribution in [-0.4, -0.2) is 54.6 Å². The first-order valence-corrected chi connectivity index (χ1v) is 6.90. The predicted octanol–water partition coefficient (Wildman–Crippen LogP) is 0.407. The largest absolute Gasteiger partial charge is 0.480 e. The van der Waals surface area contributed by atoms with Crippen molar-refractivity contribution in [2.45, 2.75) is 38.1 Å². The number of carboxylic acids is 1. The standard InChI is InChI=1S/C13H23N3O4/c1-14-10(17)8-16(2)13(20)15-11(12(18)19)9-6-4-3-5-7-9/h9,11H,3-8H2,1-2H3,(H,14,17)(H,15,20)(H,18,19). The van der Waals surface area contributed by atoms with Crippen LogP contribution in [0.4, 0.5) is 4.79 Å². The average molecular weight is 285 g/mol. The van der Waals surface area contributed by atoms with Crippen LogP contribution in [0.5, 0.6) is 0 Å². The van der Waals surface area contributed by atoms with Gasteiger partial charge in [0.25, 0.3) is 0 Å². The van der Waals surface area contributed by atoms with Gasteiger partial charge >= 0.3 is 12.0 Å². The number of hydrogen-bond donors (Lipinski definition) is 3. The van der Waals surface area contributed by atoms with Crippen LogP contribution in [0, 0.1) is 5.92 Å². The number of nitrogens with one attached hydrogen (secondary N) is 2. The smallest absolute Gasteiger partial charge is 0.326 e. The first kappa shape index (κ1) is 16.3. The van der Waals surface area contributed by atoms with Crippen LogP contribution >= 0.6 is 0 Å². The van der Waals surface area contributed by atoms with E-state index in [0.29, 0.717) is 0 Å². The highest BCUT2D eigenvalue weighted by atomic mass is 16.4. The molecule has 7 nitrogen and oxygen atoms in total. The summed E-state index contributed by atoms with van der Waals surface area (Å²) in [4.78, 5) is 35.6. The highest BCUT2D eigenvalue weighted by molar-refractivity contribution is 5.86. The maximum atomic E-state index is 11.9. The van der Waals surface area contributed by atoms with Crippen molar-refractivity contribution in [1.82, 2.24) is 15.5 Å². The van der Waals surface area contributed by atoms with E-state index in [-0.39, 0.29) is 18.4 Å². The summed E-state index contributed by atoms with van der Waals surface area (Å²) in [6.45, 7) is -0.0979.